The highest BCUT2D eigenvalue weighted by Gasteiger charge is 2.14. The Morgan fingerprint density at radius 1 is 1.43 bits per heavy atom. The first-order valence-corrected chi connectivity index (χ1v) is 10.8. The SMILES string of the molecule is C[Si](C)(C)CCOCn1cc(/C=N/O)c2c(Cl)ncnc21. The van der Waals surface area contributed by atoms with Crippen LogP contribution in [-0.2, 0) is 11.5 Å². The molecule has 0 unspecified atom stereocenters. The van der Waals surface area contributed by atoms with Crippen LogP contribution in [0, 0.1) is 0 Å². The van der Waals surface area contributed by atoms with Crippen molar-refractivity contribution < 1.29 is 9.94 Å². The lowest BCUT2D eigenvalue weighted by Crippen LogP contribution is -2.22. The summed E-state index contributed by atoms with van der Waals surface area (Å²) in [5, 5.41) is 12.8. The van der Waals surface area contributed by atoms with Crippen LogP contribution < -0.4 is 0 Å². The minimum absolute atomic E-state index is 0.329. The first-order valence-electron chi connectivity index (χ1n) is 6.67. The van der Waals surface area contributed by atoms with E-state index >= 15 is 0 Å². The molecule has 1 N–H and O–H groups in total. The van der Waals surface area contributed by atoms with Crippen LogP contribution in [0.1, 0.15) is 5.56 Å². The van der Waals surface area contributed by atoms with E-state index in [1.807, 2.05) is 4.57 Å². The summed E-state index contributed by atoms with van der Waals surface area (Å²) in [5.41, 5.74) is 1.32. The van der Waals surface area contributed by atoms with Crippen LogP contribution in [-0.4, -0.2) is 40.6 Å². The van der Waals surface area contributed by atoms with E-state index in [9.17, 15) is 0 Å². The maximum atomic E-state index is 8.73. The molecule has 2 aromatic rings. The van der Waals surface area contributed by atoms with Crippen molar-refractivity contribution in [3.05, 3.63) is 23.2 Å². The van der Waals surface area contributed by atoms with Gasteiger partial charge in [-0.05, 0) is 6.04 Å². The van der Waals surface area contributed by atoms with Crippen LogP contribution in [0.5, 0.6) is 0 Å². The van der Waals surface area contributed by atoms with Gasteiger partial charge in [0.1, 0.15) is 23.9 Å². The molecule has 6 nitrogen and oxygen atoms in total. The summed E-state index contributed by atoms with van der Waals surface area (Å²) < 4.78 is 7.56. The van der Waals surface area contributed by atoms with Crippen LogP contribution in [0.25, 0.3) is 11.0 Å². The number of oxime groups is 1. The zero-order valence-corrected chi connectivity index (χ0v) is 14.1. The van der Waals surface area contributed by atoms with Gasteiger partial charge in [-0.15, -0.1) is 0 Å². The Labute approximate surface area is 129 Å². The summed E-state index contributed by atoms with van der Waals surface area (Å²) in [6, 6.07) is 1.10. The van der Waals surface area contributed by atoms with Crippen LogP contribution in [0.3, 0.4) is 0 Å². The number of ether oxygens (including phenoxy) is 1. The Morgan fingerprint density at radius 2 is 2.19 bits per heavy atom. The van der Waals surface area contributed by atoms with Crippen molar-refractivity contribution in [3.63, 3.8) is 0 Å². The third kappa shape index (κ3) is 4.02. The van der Waals surface area contributed by atoms with E-state index in [1.165, 1.54) is 12.5 Å². The molecule has 2 rings (SSSR count). The molecule has 2 aromatic heterocycles. The van der Waals surface area contributed by atoms with Gasteiger partial charge in [-0.2, -0.15) is 0 Å². The maximum Gasteiger partial charge on any atom is 0.147 e. The molecule has 0 saturated carbocycles. The molecule has 0 atom stereocenters. The summed E-state index contributed by atoms with van der Waals surface area (Å²) >= 11 is 6.09. The van der Waals surface area contributed by atoms with Crippen LogP contribution >= 0.6 is 11.6 Å². The second-order valence-electron chi connectivity index (χ2n) is 6.01. The first-order chi connectivity index (χ1) is 9.92. The van der Waals surface area contributed by atoms with Crippen molar-refractivity contribution in [1.82, 2.24) is 14.5 Å². The topological polar surface area (TPSA) is 72.5 Å². The van der Waals surface area contributed by atoms with Gasteiger partial charge in [-0.3, -0.25) is 0 Å². The number of halogens is 1. The normalized spacial score (nSPS) is 12.6. The molecule has 0 fully saturated rings. The minimum Gasteiger partial charge on any atom is -0.411 e. The Bertz CT molecular complexity index is 651. The van der Waals surface area contributed by atoms with Gasteiger partial charge in [0.2, 0.25) is 0 Å². The molecule has 2 heterocycles. The number of fused-ring (bicyclic) bond motifs is 1. The van der Waals surface area contributed by atoms with E-state index in [2.05, 4.69) is 34.8 Å². The van der Waals surface area contributed by atoms with E-state index in [0.29, 0.717) is 28.5 Å². The van der Waals surface area contributed by atoms with Crippen LogP contribution in [0.4, 0.5) is 0 Å². The standard InChI is InChI=1S/C13H19ClN4O2Si/c1-21(2,3)5-4-20-9-18-7-10(6-17-19)11-12(14)15-8-16-13(11)18/h6-8,19H,4-5,9H2,1-3H3/b17-6+. The van der Waals surface area contributed by atoms with Crippen molar-refractivity contribution >= 4 is 36.9 Å². The van der Waals surface area contributed by atoms with Gasteiger partial charge in [0.05, 0.1) is 11.6 Å². The highest BCUT2D eigenvalue weighted by molar-refractivity contribution is 6.76. The van der Waals surface area contributed by atoms with Gasteiger partial charge in [0, 0.05) is 26.4 Å². The van der Waals surface area contributed by atoms with Crippen LogP contribution in [0.15, 0.2) is 17.7 Å². The fourth-order valence-electron chi connectivity index (χ4n) is 1.91. The smallest absolute Gasteiger partial charge is 0.147 e. The average Bonchev–Trinajstić information content (AvgIpc) is 2.74. The summed E-state index contributed by atoms with van der Waals surface area (Å²) in [5.74, 6) is 0. The van der Waals surface area contributed by atoms with Gasteiger partial charge in [0.25, 0.3) is 0 Å². The molecule has 0 saturated heterocycles. The second kappa shape index (κ2) is 6.55. The number of hydrogen-bond acceptors (Lipinski definition) is 5. The quantitative estimate of drug-likeness (QED) is 0.221. The van der Waals surface area contributed by atoms with Gasteiger partial charge < -0.3 is 14.5 Å². The molecule has 0 bridgehead atoms. The lowest BCUT2D eigenvalue weighted by atomic mass is 10.3. The number of hydrogen-bond donors (Lipinski definition) is 1. The summed E-state index contributed by atoms with van der Waals surface area (Å²) in [6.45, 7) is 8.03. The molecule has 0 spiro atoms. The van der Waals surface area contributed by atoms with Gasteiger partial charge in [-0.1, -0.05) is 36.4 Å². The van der Waals surface area contributed by atoms with Gasteiger partial charge in [-0.25, -0.2) is 9.97 Å². The zero-order valence-electron chi connectivity index (χ0n) is 12.4. The first kappa shape index (κ1) is 15.9. The summed E-state index contributed by atoms with van der Waals surface area (Å²) in [7, 11) is -1.10. The lowest BCUT2D eigenvalue weighted by Gasteiger charge is -2.15. The molecule has 0 amide bonds. The summed E-state index contributed by atoms with van der Waals surface area (Å²) in [6.07, 6.45) is 4.51. The van der Waals surface area contributed by atoms with Crippen molar-refractivity contribution in [3.8, 4) is 0 Å². The number of nitrogens with zero attached hydrogens (tertiary/aromatic N) is 4. The third-order valence-electron chi connectivity index (χ3n) is 3.06. The Morgan fingerprint density at radius 3 is 2.86 bits per heavy atom. The molecule has 0 aliphatic heterocycles. The van der Waals surface area contributed by atoms with E-state index < -0.39 is 8.07 Å². The van der Waals surface area contributed by atoms with E-state index in [0.717, 1.165) is 12.7 Å². The number of rotatable bonds is 6. The lowest BCUT2D eigenvalue weighted by molar-refractivity contribution is 0.0898. The largest absolute Gasteiger partial charge is 0.411 e. The average molecular weight is 327 g/mol. The maximum absolute atomic E-state index is 8.73. The fraction of sp³-hybridized carbons (Fsp3) is 0.462. The molecule has 21 heavy (non-hydrogen) atoms. The molecule has 114 valence electrons. The van der Waals surface area contributed by atoms with E-state index in [4.69, 9.17) is 21.5 Å². The Balaban J connectivity index is 2.19. The molecule has 0 aromatic carbocycles. The molecular formula is C13H19ClN4O2Si. The molecule has 0 aliphatic rings. The van der Waals surface area contributed by atoms with Crippen molar-refractivity contribution in [2.75, 3.05) is 6.61 Å². The molecular weight excluding hydrogens is 308 g/mol. The number of aromatic nitrogens is 3. The Hall–Kier alpha value is -1.44. The van der Waals surface area contributed by atoms with Crippen molar-refractivity contribution in [2.24, 2.45) is 5.16 Å². The van der Waals surface area contributed by atoms with Gasteiger partial charge in [0.15, 0.2) is 0 Å². The minimum atomic E-state index is -1.10. The molecule has 0 radical (unpaired) electrons. The molecule has 0 aliphatic carbocycles. The zero-order chi connectivity index (χ0) is 15.5. The highest BCUT2D eigenvalue weighted by atomic mass is 35.5. The second-order valence-corrected chi connectivity index (χ2v) is 12.0. The summed E-state index contributed by atoms with van der Waals surface area (Å²) in [4.78, 5) is 8.18. The van der Waals surface area contributed by atoms with E-state index in [1.54, 1.807) is 6.20 Å². The van der Waals surface area contributed by atoms with Crippen molar-refractivity contribution in [1.29, 1.82) is 0 Å². The predicted octanol–water partition coefficient (Wildman–Crippen LogP) is 3.21. The monoisotopic (exact) mass is 326 g/mol. The predicted molar refractivity (Wildman–Crippen MR) is 86.0 cm³/mol. The van der Waals surface area contributed by atoms with E-state index in [-0.39, 0.29) is 0 Å². The third-order valence-corrected chi connectivity index (χ3v) is 5.05. The molecule has 8 heteroatoms. The highest BCUT2D eigenvalue weighted by Crippen LogP contribution is 2.24. The van der Waals surface area contributed by atoms with Gasteiger partial charge >= 0.3 is 0 Å². The Kier molecular flexibility index (Phi) is 4.97. The fourth-order valence-corrected chi connectivity index (χ4v) is 2.91. The van der Waals surface area contributed by atoms with Crippen LogP contribution in [0.2, 0.25) is 30.8 Å². The van der Waals surface area contributed by atoms with Crippen molar-refractivity contribution in [2.45, 2.75) is 32.4 Å².